The van der Waals surface area contributed by atoms with E-state index in [2.05, 4.69) is 10.4 Å². The number of carbonyl (C=O) groups is 2. The molecule has 1 aliphatic heterocycles. The lowest BCUT2D eigenvalue weighted by Crippen LogP contribution is -2.41. The van der Waals surface area contributed by atoms with Gasteiger partial charge in [0, 0.05) is 12.5 Å². The maximum Gasteiger partial charge on any atom is 0.267 e. The molecule has 7 heteroatoms. The zero-order chi connectivity index (χ0) is 17.1. The number of nitrogens with one attached hydrogen (secondary N) is 1. The zero-order valence-corrected chi connectivity index (χ0v) is 13.4. The third-order valence-electron chi connectivity index (χ3n) is 4.53. The van der Waals surface area contributed by atoms with E-state index >= 15 is 0 Å². The van der Waals surface area contributed by atoms with E-state index in [9.17, 15) is 14.0 Å². The standard InChI is InChI=1S/C17H21FN4O2/c18-11-6-8-13(9-7-11)22-15(16(19)23)10-14(21-22)17(24)20-12-4-2-1-3-5-12/h6-9,12,15H,1-5,10H2,(H2,19,23)(H,20,24). The molecule has 1 heterocycles. The summed E-state index contributed by atoms with van der Waals surface area (Å²) in [4.78, 5) is 24.1. The molecule has 2 amide bonds. The summed E-state index contributed by atoms with van der Waals surface area (Å²) in [5.74, 6) is -1.20. The Balaban J connectivity index is 1.75. The summed E-state index contributed by atoms with van der Waals surface area (Å²) in [6.07, 6.45) is 5.53. The topological polar surface area (TPSA) is 87.8 Å². The SMILES string of the molecule is NC(=O)C1CC(C(=O)NC2CCCCC2)=NN1c1ccc(F)cc1. The van der Waals surface area contributed by atoms with Crippen molar-refractivity contribution in [3.8, 4) is 0 Å². The Labute approximate surface area is 139 Å². The first-order valence-corrected chi connectivity index (χ1v) is 8.27. The summed E-state index contributed by atoms with van der Waals surface area (Å²) < 4.78 is 13.1. The van der Waals surface area contributed by atoms with E-state index in [0.717, 1.165) is 25.7 Å². The Hall–Kier alpha value is -2.44. The second-order valence-electron chi connectivity index (χ2n) is 6.30. The fourth-order valence-corrected chi connectivity index (χ4v) is 3.22. The molecule has 2 aliphatic rings. The highest BCUT2D eigenvalue weighted by Crippen LogP contribution is 2.25. The molecule has 1 unspecified atom stereocenters. The van der Waals surface area contributed by atoms with Crippen LogP contribution in [-0.2, 0) is 9.59 Å². The number of hydrogen-bond donors (Lipinski definition) is 2. The van der Waals surface area contributed by atoms with E-state index in [-0.39, 0.29) is 29.9 Å². The van der Waals surface area contributed by atoms with Crippen LogP contribution in [-0.4, -0.2) is 29.6 Å². The third kappa shape index (κ3) is 3.55. The van der Waals surface area contributed by atoms with Crippen molar-refractivity contribution in [3.05, 3.63) is 30.1 Å². The Morgan fingerprint density at radius 3 is 2.46 bits per heavy atom. The van der Waals surface area contributed by atoms with Crippen molar-refractivity contribution >= 4 is 23.2 Å². The minimum Gasteiger partial charge on any atom is -0.368 e. The van der Waals surface area contributed by atoms with Crippen molar-refractivity contribution in [1.82, 2.24) is 5.32 Å². The van der Waals surface area contributed by atoms with E-state index in [0.29, 0.717) is 5.69 Å². The van der Waals surface area contributed by atoms with E-state index in [1.807, 2.05) is 0 Å². The number of nitrogens with zero attached hydrogens (tertiary/aromatic N) is 2. The molecule has 128 valence electrons. The van der Waals surface area contributed by atoms with Gasteiger partial charge in [0.05, 0.1) is 5.69 Å². The third-order valence-corrected chi connectivity index (χ3v) is 4.53. The molecule has 6 nitrogen and oxygen atoms in total. The lowest BCUT2D eigenvalue weighted by atomic mass is 9.95. The number of anilines is 1. The van der Waals surface area contributed by atoms with E-state index in [1.54, 1.807) is 0 Å². The first kappa shape index (κ1) is 16.4. The van der Waals surface area contributed by atoms with Crippen LogP contribution in [0.15, 0.2) is 29.4 Å². The Kier molecular flexibility index (Phi) is 4.78. The molecule has 0 radical (unpaired) electrons. The largest absolute Gasteiger partial charge is 0.368 e. The van der Waals surface area contributed by atoms with E-state index in [4.69, 9.17) is 5.73 Å². The number of primary amides is 1. The molecular weight excluding hydrogens is 311 g/mol. The van der Waals surface area contributed by atoms with Gasteiger partial charge in [-0.3, -0.25) is 14.6 Å². The first-order valence-electron chi connectivity index (χ1n) is 8.27. The molecule has 1 saturated carbocycles. The number of halogens is 1. The molecule has 3 N–H and O–H groups in total. The summed E-state index contributed by atoms with van der Waals surface area (Å²) in [5, 5.41) is 8.66. The number of nitrogens with two attached hydrogens (primary N) is 1. The van der Waals surface area contributed by atoms with Crippen LogP contribution in [0.4, 0.5) is 10.1 Å². The van der Waals surface area contributed by atoms with Crippen LogP contribution in [0.3, 0.4) is 0 Å². The minimum absolute atomic E-state index is 0.158. The molecule has 1 aliphatic carbocycles. The second-order valence-corrected chi connectivity index (χ2v) is 6.30. The minimum atomic E-state index is -0.734. The quantitative estimate of drug-likeness (QED) is 0.879. The van der Waals surface area contributed by atoms with Gasteiger partial charge in [0.25, 0.3) is 5.91 Å². The highest BCUT2D eigenvalue weighted by atomic mass is 19.1. The van der Waals surface area contributed by atoms with Gasteiger partial charge in [0.1, 0.15) is 17.6 Å². The van der Waals surface area contributed by atoms with Gasteiger partial charge in [-0.05, 0) is 37.1 Å². The van der Waals surface area contributed by atoms with Crippen molar-refractivity contribution in [3.63, 3.8) is 0 Å². The molecule has 0 saturated heterocycles. The maximum absolute atomic E-state index is 13.1. The summed E-state index contributed by atoms with van der Waals surface area (Å²) in [5.41, 5.74) is 6.26. The van der Waals surface area contributed by atoms with Crippen LogP contribution >= 0.6 is 0 Å². The van der Waals surface area contributed by atoms with Gasteiger partial charge in [0.15, 0.2) is 0 Å². The molecule has 1 fully saturated rings. The Morgan fingerprint density at radius 1 is 1.17 bits per heavy atom. The van der Waals surface area contributed by atoms with Crippen molar-refractivity contribution < 1.29 is 14.0 Å². The predicted octanol–water partition coefficient (Wildman–Crippen LogP) is 1.69. The Morgan fingerprint density at radius 2 is 1.83 bits per heavy atom. The number of benzene rings is 1. The van der Waals surface area contributed by atoms with Crippen molar-refractivity contribution in [1.29, 1.82) is 0 Å². The fourth-order valence-electron chi connectivity index (χ4n) is 3.22. The maximum atomic E-state index is 13.1. The molecule has 0 aromatic heterocycles. The van der Waals surface area contributed by atoms with Gasteiger partial charge >= 0.3 is 0 Å². The smallest absolute Gasteiger partial charge is 0.267 e. The molecule has 0 spiro atoms. The van der Waals surface area contributed by atoms with Crippen LogP contribution in [0.5, 0.6) is 0 Å². The molecule has 3 rings (SSSR count). The molecule has 1 aromatic carbocycles. The van der Waals surface area contributed by atoms with Crippen molar-refractivity contribution in [2.45, 2.75) is 50.6 Å². The molecular formula is C17H21FN4O2. The van der Waals surface area contributed by atoms with Crippen molar-refractivity contribution in [2.75, 3.05) is 5.01 Å². The number of rotatable bonds is 4. The van der Waals surface area contributed by atoms with Gasteiger partial charge < -0.3 is 11.1 Å². The van der Waals surface area contributed by atoms with Crippen LogP contribution in [0.25, 0.3) is 0 Å². The highest BCUT2D eigenvalue weighted by Gasteiger charge is 2.35. The zero-order valence-electron chi connectivity index (χ0n) is 13.4. The summed E-state index contributed by atoms with van der Waals surface area (Å²) in [6.45, 7) is 0. The van der Waals surface area contributed by atoms with Crippen LogP contribution in [0, 0.1) is 5.82 Å². The normalized spacial score (nSPS) is 21.5. The van der Waals surface area contributed by atoms with E-state index < -0.39 is 11.9 Å². The van der Waals surface area contributed by atoms with Gasteiger partial charge in [-0.25, -0.2) is 4.39 Å². The predicted molar refractivity (Wildman–Crippen MR) is 88.9 cm³/mol. The fraction of sp³-hybridized carbons (Fsp3) is 0.471. The summed E-state index contributed by atoms with van der Waals surface area (Å²) in [7, 11) is 0. The average Bonchev–Trinajstić information content (AvgIpc) is 3.02. The number of amides is 2. The van der Waals surface area contributed by atoms with Gasteiger partial charge in [0.2, 0.25) is 5.91 Å². The second kappa shape index (κ2) is 6.98. The molecule has 1 aromatic rings. The average molecular weight is 332 g/mol. The monoisotopic (exact) mass is 332 g/mol. The first-order chi connectivity index (χ1) is 11.5. The lowest BCUT2D eigenvalue weighted by Gasteiger charge is -2.22. The summed E-state index contributed by atoms with van der Waals surface area (Å²) >= 11 is 0. The summed E-state index contributed by atoms with van der Waals surface area (Å²) in [6, 6.07) is 5.02. The van der Waals surface area contributed by atoms with E-state index in [1.165, 1.54) is 35.7 Å². The van der Waals surface area contributed by atoms with Gasteiger partial charge in [-0.1, -0.05) is 19.3 Å². The molecule has 1 atom stereocenters. The molecule has 0 bridgehead atoms. The molecule has 24 heavy (non-hydrogen) atoms. The van der Waals surface area contributed by atoms with Gasteiger partial charge in [-0.2, -0.15) is 5.10 Å². The van der Waals surface area contributed by atoms with Crippen LogP contribution in [0.1, 0.15) is 38.5 Å². The van der Waals surface area contributed by atoms with Gasteiger partial charge in [-0.15, -0.1) is 0 Å². The number of hydrogen-bond acceptors (Lipinski definition) is 4. The van der Waals surface area contributed by atoms with Crippen molar-refractivity contribution in [2.24, 2.45) is 10.8 Å². The van der Waals surface area contributed by atoms with Crippen LogP contribution < -0.4 is 16.1 Å². The lowest BCUT2D eigenvalue weighted by molar-refractivity contribution is -0.119. The number of hydrazone groups is 1. The Bertz CT molecular complexity index is 653. The van der Waals surface area contributed by atoms with Crippen LogP contribution in [0.2, 0.25) is 0 Å². The highest BCUT2D eigenvalue weighted by molar-refractivity contribution is 6.40. The number of carbonyl (C=O) groups excluding carboxylic acids is 2.